The molecule has 1 aliphatic heterocycles. The molecule has 0 spiro atoms. The number of piperidine rings is 1. The number of hydrogen-bond acceptors (Lipinski definition) is 3. The topological polar surface area (TPSA) is 41.5 Å². The summed E-state index contributed by atoms with van der Waals surface area (Å²) < 4.78 is 4.95. The van der Waals surface area contributed by atoms with Crippen molar-refractivity contribution < 1.29 is 9.84 Å². The second kappa shape index (κ2) is 3.91. The molecule has 0 unspecified atom stereocenters. The van der Waals surface area contributed by atoms with E-state index in [2.05, 4.69) is 5.32 Å². The first-order valence-corrected chi connectivity index (χ1v) is 3.72. The van der Waals surface area contributed by atoms with E-state index in [1.54, 1.807) is 7.11 Å². The molecule has 1 aliphatic rings. The summed E-state index contributed by atoms with van der Waals surface area (Å²) in [5, 5.41) is 12.6. The Hall–Kier alpha value is -0.120. The molecule has 0 amide bonds. The summed E-state index contributed by atoms with van der Waals surface area (Å²) in [6, 6.07) is 0. The lowest BCUT2D eigenvalue weighted by atomic mass is 9.97. The summed E-state index contributed by atoms with van der Waals surface area (Å²) in [5.74, 6) is 0.291. The van der Waals surface area contributed by atoms with Crippen molar-refractivity contribution in [2.24, 2.45) is 5.92 Å². The van der Waals surface area contributed by atoms with Crippen LogP contribution in [0.5, 0.6) is 0 Å². The monoisotopic (exact) mass is 145 g/mol. The third-order valence-electron chi connectivity index (χ3n) is 1.95. The molecule has 0 aromatic heterocycles. The number of hydrogen-bond donors (Lipinski definition) is 2. The Morgan fingerprint density at radius 3 is 3.10 bits per heavy atom. The van der Waals surface area contributed by atoms with E-state index < -0.39 is 0 Å². The van der Waals surface area contributed by atoms with E-state index in [0.717, 1.165) is 19.5 Å². The van der Waals surface area contributed by atoms with Crippen molar-refractivity contribution in [1.29, 1.82) is 0 Å². The molecule has 2 atom stereocenters. The summed E-state index contributed by atoms with van der Waals surface area (Å²) in [4.78, 5) is 0. The smallest absolute Gasteiger partial charge is 0.0614 e. The van der Waals surface area contributed by atoms with Crippen LogP contribution < -0.4 is 5.32 Å². The molecule has 0 bridgehead atoms. The highest BCUT2D eigenvalue weighted by atomic mass is 16.5. The predicted octanol–water partition coefficient (Wildman–Crippen LogP) is -0.397. The van der Waals surface area contributed by atoms with Crippen LogP contribution in [-0.2, 0) is 4.74 Å². The van der Waals surface area contributed by atoms with Crippen LogP contribution in [-0.4, -0.2) is 38.0 Å². The molecule has 1 saturated heterocycles. The van der Waals surface area contributed by atoms with Gasteiger partial charge in [0.1, 0.15) is 0 Å². The standard InChI is InChI=1S/C7H15NO2/c1-10-5-6-4-8-3-2-7(6)9/h6-9H,2-5H2,1H3/t6-,7+/m0/s1. The summed E-state index contributed by atoms with van der Waals surface area (Å²) >= 11 is 0. The van der Waals surface area contributed by atoms with Crippen molar-refractivity contribution in [2.75, 3.05) is 26.8 Å². The lowest BCUT2D eigenvalue weighted by Crippen LogP contribution is -2.41. The zero-order chi connectivity index (χ0) is 7.40. The zero-order valence-electron chi connectivity index (χ0n) is 6.34. The molecule has 1 heterocycles. The molecule has 0 radical (unpaired) electrons. The maximum atomic E-state index is 9.38. The van der Waals surface area contributed by atoms with Gasteiger partial charge in [-0.3, -0.25) is 0 Å². The Morgan fingerprint density at radius 2 is 2.50 bits per heavy atom. The van der Waals surface area contributed by atoms with Crippen molar-refractivity contribution in [3.05, 3.63) is 0 Å². The molecule has 0 aliphatic carbocycles. The van der Waals surface area contributed by atoms with Gasteiger partial charge in [-0.15, -0.1) is 0 Å². The Kier molecular flexibility index (Phi) is 3.12. The molecular weight excluding hydrogens is 130 g/mol. The van der Waals surface area contributed by atoms with Crippen LogP contribution in [0.25, 0.3) is 0 Å². The van der Waals surface area contributed by atoms with E-state index in [1.165, 1.54) is 0 Å². The van der Waals surface area contributed by atoms with Crippen LogP contribution >= 0.6 is 0 Å². The fourth-order valence-electron chi connectivity index (χ4n) is 1.29. The number of rotatable bonds is 2. The third kappa shape index (κ3) is 1.94. The first-order chi connectivity index (χ1) is 4.84. The molecule has 0 aromatic rings. The lowest BCUT2D eigenvalue weighted by Gasteiger charge is -2.27. The lowest BCUT2D eigenvalue weighted by molar-refractivity contribution is 0.0289. The van der Waals surface area contributed by atoms with Crippen LogP contribution in [0.2, 0.25) is 0 Å². The SMILES string of the molecule is COC[C@@H]1CNCC[C@H]1O. The van der Waals surface area contributed by atoms with E-state index in [4.69, 9.17) is 4.74 Å². The van der Waals surface area contributed by atoms with Gasteiger partial charge in [-0.1, -0.05) is 0 Å². The summed E-state index contributed by atoms with van der Waals surface area (Å²) in [6.07, 6.45) is 0.690. The van der Waals surface area contributed by atoms with Crippen molar-refractivity contribution in [1.82, 2.24) is 5.32 Å². The van der Waals surface area contributed by atoms with E-state index in [0.29, 0.717) is 12.5 Å². The van der Waals surface area contributed by atoms with Crippen LogP contribution in [0.1, 0.15) is 6.42 Å². The average molecular weight is 145 g/mol. The van der Waals surface area contributed by atoms with Gasteiger partial charge in [-0.05, 0) is 13.0 Å². The number of nitrogens with one attached hydrogen (secondary N) is 1. The quantitative estimate of drug-likeness (QED) is 0.555. The Labute approximate surface area is 61.4 Å². The molecule has 10 heavy (non-hydrogen) atoms. The van der Waals surface area contributed by atoms with Gasteiger partial charge in [0.25, 0.3) is 0 Å². The van der Waals surface area contributed by atoms with Gasteiger partial charge in [0, 0.05) is 19.6 Å². The van der Waals surface area contributed by atoms with Gasteiger partial charge >= 0.3 is 0 Å². The normalized spacial score (nSPS) is 34.2. The minimum Gasteiger partial charge on any atom is -0.393 e. The van der Waals surface area contributed by atoms with Gasteiger partial charge < -0.3 is 15.2 Å². The minimum absolute atomic E-state index is 0.166. The van der Waals surface area contributed by atoms with Crippen LogP contribution in [0, 0.1) is 5.92 Å². The molecule has 60 valence electrons. The van der Waals surface area contributed by atoms with Gasteiger partial charge in [-0.25, -0.2) is 0 Å². The van der Waals surface area contributed by atoms with Crippen molar-refractivity contribution >= 4 is 0 Å². The third-order valence-corrected chi connectivity index (χ3v) is 1.95. The van der Waals surface area contributed by atoms with Crippen molar-refractivity contribution in [3.8, 4) is 0 Å². The first kappa shape index (κ1) is 7.98. The maximum absolute atomic E-state index is 9.38. The second-order valence-corrected chi connectivity index (χ2v) is 2.78. The largest absolute Gasteiger partial charge is 0.393 e. The van der Waals surface area contributed by atoms with Gasteiger partial charge in [0.2, 0.25) is 0 Å². The Morgan fingerprint density at radius 1 is 1.70 bits per heavy atom. The average Bonchev–Trinajstić information content (AvgIpc) is 1.94. The van der Waals surface area contributed by atoms with E-state index in [1.807, 2.05) is 0 Å². The fraction of sp³-hybridized carbons (Fsp3) is 1.00. The van der Waals surface area contributed by atoms with Crippen molar-refractivity contribution in [3.63, 3.8) is 0 Å². The van der Waals surface area contributed by atoms with Gasteiger partial charge in [0.05, 0.1) is 12.7 Å². The minimum atomic E-state index is -0.166. The molecule has 0 aromatic carbocycles. The first-order valence-electron chi connectivity index (χ1n) is 3.72. The van der Waals surface area contributed by atoms with Crippen LogP contribution in [0.4, 0.5) is 0 Å². The van der Waals surface area contributed by atoms with Crippen molar-refractivity contribution in [2.45, 2.75) is 12.5 Å². The number of methoxy groups -OCH3 is 1. The highest BCUT2D eigenvalue weighted by Crippen LogP contribution is 2.10. The fourth-order valence-corrected chi connectivity index (χ4v) is 1.29. The predicted molar refractivity (Wildman–Crippen MR) is 38.9 cm³/mol. The zero-order valence-corrected chi connectivity index (χ0v) is 6.34. The molecule has 1 rings (SSSR count). The highest BCUT2D eigenvalue weighted by molar-refractivity contribution is 4.76. The number of ether oxygens (including phenoxy) is 1. The number of aliphatic hydroxyl groups is 1. The highest BCUT2D eigenvalue weighted by Gasteiger charge is 2.21. The molecule has 3 nitrogen and oxygen atoms in total. The molecule has 2 N–H and O–H groups in total. The van der Waals surface area contributed by atoms with Crippen LogP contribution in [0.15, 0.2) is 0 Å². The molecule has 0 saturated carbocycles. The van der Waals surface area contributed by atoms with Gasteiger partial charge in [0.15, 0.2) is 0 Å². The van der Waals surface area contributed by atoms with E-state index in [9.17, 15) is 5.11 Å². The number of aliphatic hydroxyl groups excluding tert-OH is 1. The summed E-state index contributed by atoms with van der Waals surface area (Å²) in [7, 11) is 1.67. The maximum Gasteiger partial charge on any atom is 0.0614 e. The van der Waals surface area contributed by atoms with Crippen LogP contribution in [0.3, 0.4) is 0 Å². The summed E-state index contributed by atoms with van der Waals surface area (Å²) in [6.45, 7) is 2.48. The molecule has 3 heteroatoms. The Bertz CT molecular complexity index is 95.6. The molecular formula is C7H15NO2. The molecule has 1 fully saturated rings. The van der Waals surface area contributed by atoms with E-state index >= 15 is 0 Å². The van der Waals surface area contributed by atoms with E-state index in [-0.39, 0.29) is 6.10 Å². The second-order valence-electron chi connectivity index (χ2n) is 2.78. The van der Waals surface area contributed by atoms with Gasteiger partial charge in [-0.2, -0.15) is 0 Å². The summed E-state index contributed by atoms with van der Waals surface area (Å²) in [5.41, 5.74) is 0. The Balaban J connectivity index is 2.25.